The van der Waals surface area contributed by atoms with Crippen molar-refractivity contribution < 1.29 is 19.5 Å². The van der Waals surface area contributed by atoms with Gasteiger partial charge in [-0.05, 0) is 28.1 Å². The molecular formula is C5H4BrNRh+2. The quantitative estimate of drug-likeness (QED) is 0.649. The van der Waals surface area contributed by atoms with E-state index in [-0.39, 0.29) is 19.5 Å². The number of nitrogens with zero attached hydrogens (tertiary/aromatic N) is 1. The van der Waals surface area contributed by atoms with Gasteiger partial charge in [0, 0.05) is 16.9 Å². The van der Waals surface area contributed by atoms with Gasteiger partial charge in [-0.1, -0.05) is 0 Å². The predicted octanol–water partition coefficient (Wildman–Crippen LogP) is 1.84. The molecule has 1 radical (unpaired) electrons. The molecule has 1 aromatic heterocycles. The van der Waals surface area contributed by atoms with Crippen LogP contribution in [0, 0.1) is 0 Å². The van der Waals surface area contributed by atoms with Crippen molar-refractivity contribution in [3.05, 3.63) is 29.0 Å². The summed E-state index contributed by atoms with van der Waals surface area (Å²) in [6, 6.07) is 3.82. The SMILES string of the molecule is Brc1cccnc1.[Rh+2]. The van der Waals surface area contributed by atoms with Crippen LogP contribution in [0.25, 0.3) is 0 Å². The van der Waals surface area contributed by atoms with Crippen molar-refractivity contribution in [2.75, 3.05) is 0 Å². The molecule has 8 heavy (non-hydrogen) atoms. The van der Waals surface area contributed by atoms with E-state index < -0.39 is 0 Å². The summed E-state index contributed by atoms with van der Waals surface area (Å²) in [5.41, 5.74) is 0. The topological polar surface area (TPSA) is 12.9 Å². The first-order valence-corrected chi connectivity index (χ1v) is 2.74. The molecular weight excluding hydrogens is 257 g/mol. The zero-order valence-corrected chi connectivity index (χ0v) is 7.19. The normalized spacial score (nSPS) is 7.62. The summed E-state index contributed by atoms with van der Waals surface area (Å²) in [7, 11) is 0. The minimum absolute atomic E-state index is 0. The first kappa shape index (κ1) is 8.25. The van der Waals surface area contributed by atoms with Crippen molar-refractivity contribution in [2.24, 2.45) is 0 Å². The Morgan fingerprint density at radius 3 is 2.50 bits per heavy atom. The molecule has 0 fully saturated rings. The molecule has 0 atom stereocenters. The van der Waals surface area contributed by atoms with Gasteiger partial charge in [-0.15, -0.1) is 0 Å². The van der Waals surface area contributed by atoms with Crippen LogP contribution in [0.2, 0.25) is 0 Å². The fourth-order valence-electron chi connectivity index (χ4n) is 0.342. The second-order valence-corrected chi connectivity index (χ2v) is 2.09. The number of halogens is 1. The maximum absolute atomic E-state index is 3.84. The van der Waals surface area contributed by atoms with Crippen molar-refractivity contribution in [3.63, 3.8) is 0 Å². The van der Waals surface area contributed by atoms with Crippen LogP contribution in [0.1, 0.15) is 0 Å². The molecule has 0 amide bonds. The molecule has 0 bridgehead atoms. The molecule has 1 rings (SSSR count). The number of rotatable bonds is 0. The largest absolute Gasteiger partial charge is 2.00 e. The predicted molar refractivity (Wildman–Crippen MR) is 31.9 cm³/mol. The summed E-state index contributed by atoms with van der Waals surface area (Å²) in [5.74, 6) is 0. The van der Waals surface area contributed by atoms with Gasteiger partial charge in [0.25, 0.3) is 0 Å². The van der Waals surface area contributed by atoms with Crippen LogP contribution in [0.4, 0.5) is 0 Å². The minimum Gasteiger partial charge on any atom is -0.264 e. The van der Waals surface area contributed by atoms with E-state index in [2.05, 4.69) is 20.9 Å². The molecule has 0 aromatic carbocycles. The maximum atomic E-state index is 3.84. The molecule has 0 unspecified atom stereocenters. The first-order valence-electron chi connectivity index (χ1n) is 1.95. The molecule has 3 heteroatoms. The van der Waals surface area contributed by atoms with Gasteiger partial charge in [0.2, 0.25) is 0 Å². The van der Waals surface area contributed by atoms with E-state index in [9.17, 15) is 0 Å². The first-order chi connectivity index (χ1) is 3.39. The van der Waals surface area contributed by atoms with Crippen molar-refractivity contribution in [1.82, 2.24) is 4.98 Å². The van der Waals surface area contributed by atoms with Gasteiger partial charge in [-0.2, -0.15) is 0 Å². The summed E-state index contributed by atoms with van der Waals surface area (Å²) in [5, 5.41) is 0. The fraction of sp³-hybridized carbons (Fsp3) is 0. The van der Waals surface area contributed by atoms with Crippen molar-refractivity contribution >= 4 is 15.9 Å². The van der Waals surface area contributed by atoms with Crippen LogP contribution in [-0.4, -0.2) is 4.98 Å². The molecule has 0 saturated heterocycles. The third-order valence-electron chi connectivity index (χ3n) is 0.625. The standard InChI is InChI=1S/C5H4BrN.Rh/c6-5-2-1-3-7-4-5;/h1-4H;/q;+2. The molecule has 0 aliphatic heterocycles. The monoisotopic (exact) mass is 260 g/mol. The molecule has 0 aliphatic rings. The average molecular weight is 261 g/mol. The Morgan fingerprint density at radius 1 is 1.50 bits per heavy atom. The Hall–Kier alpha value is 0.253. The van der Waals surface area contributed by atoms with Crippen LogP contribution in [0.3, 0.4) is 0 Å². The second-order valence-electron chi connectivity index (χ2n) is 1.17. The molecule has 0 spiro atoms. The van der Waals surface area contributed by atoms with Gasteiger partial charge >= 0.3 is 19.5 Å². The molecule has 1 nitrogen and oxygen atoms in total. The van der Waals surface area contributed by atoms with Gasteiger partial charge in [0.15, 0.2) is 0 Å². The van der Waals surface area contributed by atoms with Gasteiger partial charge in [-0.3, -0.25) is 4.98 Å². The summed E-state index contributed by atoms with van der Waals surface area (Å²) in [6.07, 6.45) is 3.49. The van der Waals surface area contributed by atoms with Crippen molar-refractivity contribution in [3.8, 4) is 0 Å². The number of pyridine rings is 1. The summed E-state index contributed by atoms with van der Waals surface area (Å²) < 4.78 is 1.02. The summed E-state index contributed by atoms with van der Waals surface area (Å²) >= 11 is 3.25. The molecule has 0 aliphatic carbocycles. The maximum Gasteiger partial charge on any atom is 2.00 e. The molecule has 43 valence electrons. The number of hydrogen-bond donors (Lipinski definition) is 0. The Morgan fingerprint density at radius 2 is 2.25 bits per heavy atom. The van der Waals surface area contributed by atoms with E-state index in [1.54, 1.807) is 12.4 Å². The van der Waals surface area contributed by atoms with E-state index in [4.69, 9.17) is 0 Å². The molecule has 1 aromatic rings. The molecule has 0 N–H and O–H groups in total. The second kappa shape index (κ2) is 4.16. The van der Waals surface area contributed by atoms with Crippen LogP contribution in [-0.2, 0) is 19.5 Å². The van der Waals surface area contributed by atoms with E-state index in [1.807, 2.05) is 12.1 Å². The molecule has 0 saturated carbocycles. The fourth-order valence-corrected chi connectivity index (χ4v) is 0.613. The summed E-state index contributed by atoms with van der Waals surface area (Å²) in [4.78, 5) is 3.84. The van der Waals surface area contributed by atoms with Gasteiger partial charge in [0.05, 0.1) is 0 Å². The van der Waals surface area contributed by atoms with Gasteiger partial charge in [0.1, 0.15) is 0 Å². The minimum atomic E-state index is 0. The Balaban J connectivity index is 0.000000490. The Kier molecular flexibility index (Phi) is 4.30. The van der Waals surface area contributed by atoms with Crippen LogP contribution < -0.4 is 0 Å². The Labute approximate surface area is 69.4 Å². The van der Waals surface area contributed by atoms with Crippen molar-refractivity contribution in [2.45, 2.75) is 0 Å². The number of hydrogen-bond acceptors (Lipinski definition) is 1. The van der Waals surface area contributed by atoms with Gasteiger partial charge in [-0.25, -0.2) is 0 Å². The third-order valence-corrected chi connectivity index (χ3v) is 1.09. The van der Waals surface area contributed by atoms with E-state index in [0.717, 1.165) is 4.47 Å². The van der Waals surface area contributed by atoms with Crippen LogP contribution >= 0.6 is 15.9 Å². The Bertz CT molecular complexity index is 142. The number of aromatic nitrogens is 1. The zero-order valence-electron chi connectivity index (χ0n) is 3.97. The van der Waals surface area contributed by atoms with E-state index in [0.29, 0.717) is 0 Å². The zero-order chi connectivity index (χ0) is 5.11. The van der Waals surface area contributed by atoms with Crippen LogP contribution in [0.5, 0.6) is 0 Å². The molecule has 1 heterocycles. The smallest absolute Gasteiger partial charge is 0.264 e. The summed E-state index contributed by atoms with van der Waals surface area (Å²) in [6.45, 7) is 0. The third kappa shape index (κ3) is 2.53. The van der Waals surface area contributed by atoms with Gasteiger partial charge < -0.3 is 0 Å². The van der Waals surface area contributed by atoms with E-state index in [1.165, 1.54) is 0 Å². The average Bonchev–Trinajstić information content (AvgIpc) is 1.69. The van der Waals surface area contributed by atoms with E-state index >= 15 is 0 Å². The van der Waals surface area contributed by atoms with Crippen LogP contribution in [0.15, 0.2) is 29.0 Å². The van der Waals surface area contributed by atoms with Crippen molar-refractivity contribution in [1.29, 1.82) is 0 Å².